The first kappa shape index (κ1) is 22.9. The Labute approximate surface area is 186 Å². The Hall–Kier alpha value is -3.75. The highest BCUT2D eigenvalue weighted by atomic mass is 16.5. The highest BCUT2D eigenvalue weighted by molar-refractivity contribution is 5.98. The minimum atomic E-state index is -0.559. The zero-order chi connectivity index (χ0) is 22.9. The molecular formula is C23H26N2O7. The molecular weight excluding hydrogens is 416 g/mol. The lowest BCUT2D eigenvalue weighted by Crippen LogP contribution is -2.40. The van der Waals surface area contributed by atoms with Gasteiger partial charge in [-0.1, -0.05) is 18.2 Å². The van der Waals surface area contributed by atoms with Gasteiger partial charge in [-0.2, -0.15) is 0 Å². The lowest BCUT2D eigenvalue weighted by molar-refractivity contribution is -0.148. The van der Waals surface area contributed by atoms with Crippen molar-refractivity contribution in [3.8, 4) is 17.2 Å². The summed E-state index contributed by atoms with van der Waals surface area (Å²) in [6.45, 7) is 0.0802. The van der Waals surface area contributed by atoms with E-state index < -0.39 is 11.9 Å². The molecule has 170 valence electrons. The molecule has 0 atom stereocenters. The van der Waals surface area contributed by atoms with Crippen LogP contribution in [0.15, 0.2) is 42.5 Å². The summed E-state index contributed by atoms with van der Waals surface area (Å²) in [6, 6.07) is 12.6. The maximum Gasteiger partial charge on any atom is 0.308 e. The van der Waals surface area contributed by atoms with E-state index in [0.29, 0.717) is 35.9 Å². The molecule has 32 heavy (non-hydrogen) atoms. The molecule has 0 aromatic heterocycles. The van der Waals surface area contributed by atoms with E-state index in [0.717, 1.165) is 5.56 Å². The molecule has 0 radical (unpaired) electrons. The number of anilines is 1. The van der Waals surface area contributed by atoms with Crippen LogP contribution in [-0.4, -0.2) is 58.3 Å². The van der Waals surface area contributed by atoms with Gasteiger partial charge in [-0.25, -0.2) is 0 Å². The fraction of sp³-hybridized carbons (Fsp3) is 0.348. The fourth-order valence-corrected chi connectivity index (χ4v) is 3.25. The molecule has 9 heteroatoms. The second-order valence-electron chi connectivity index (χ2n) is 7.00. The van der Waals surface area contributed by atoms with Crippen LogP contribution >= 0.6 is 0 Å². The van der Waals surface area contributed by atoms with E-state index in [9.17, 15) is 14.4 Å². The molecule has 3 rings (SSSR count). The minimum absolute atomic E-state index is 0.0288. The predicted molar refractivity (Wildman–Crippen MR) is 116 cm³/mol. The van der Waals surface area contributed by atoms with E-state index in [1.54, 1.807) is 38.5 Å². The highest BCUT2D eigenvalue weighted by Gasteiger charge is 2.25. The van der Waals surface area contributed by atoms with Crippen LogP contribution in [0, 0.1) is 0 Å². The van der Waals surface area contributed by atoms with Crippen LogP contribution in [0.2, 0.25) is 0 Å². The first-order valence-corrected chi connectivity index (χ1v) is 10.2. The molecule has 0 saturated carbocycles. The first-order valence-electron chi connectivity index (χ1n) is 10.2. The van der Waals surface area contributed by atoms with Gasteiger partial charge in [0.05, 0.1) is 26.3 Å². The van der Waals surface area contributed by atoms with Gasteiger partial charge < -0.3 is 29.2 Å². The van der Waals surface area contributed by atoms with Gasteiger partial charge in [0.15, 0.2) is 24.7 Å². The van der Waals surface area contributed by atoms with Crippen LogP contribution in [-0.2, 0) is 25.5 Å². The quantitative estimate of drug-likeness (QED) is 0.559. The summed E-state index contributed by atoms with van der Waals surface area (Å²) in [4.78, 5) is 37.6. The molecule has 2 aromatic carbocycles. The van der Waals surface area contributed by atoms with E-state index in [2.05, 4.69) is 5.32 Å². The summed E-state index contributed by atoms with van der Waals surface area (Å²) < 4.78 is 20.9. The number of fused-ring (bicyclic) bond motifs is 1. The average Bonchev–Trinajstić information content (AvgIpc) is 2.82. The molecule has 1 aliphatic heterocycles. The van der Waals surface area contributed by atoms with Gasteiger partial charge in [-0.05, 0) is 36.2 Å². The van der Waals surface area contributed by atoms with Gasteiger partial charge in [0.1, 0.15) is 5.75 Å². The average molecular weight is 442 g/mol. The van der Waals surface area contributed by atoms with Crippen molar-refractivity contribution in [1.29, 1.82) is 0 Å². The van der Waals surface area contributed by atoms with Crippen LogP contribution in [0.1, 0.15) is 12.0 Å². The number of para-hydroxylation sites is 2. The maximum atomic E-state index is 12.1. The number of nitrogens with zero attached hydrogens (tertiary/aromatic N) is 1. The number of esters is 1. The Kier molecular flexibility index (Phi) is 7.91. The molecule has 0 bridgehead atoms. The molecule has 1 N–H and O–H groups in total. The van der Waals surface area contributed by atoms with Crippen LogP contribution in [0.4, 0.5) is 5.69 Å². The number of hydrogen-bond donors (Lipinski definition) is 1. The third-order valence-corrected chi connectivity index (χ3v) is 4.90. The number of carbonyl (C=O) groups is 3. The fourth-order valence-electron chi connectivity index (χ4n) is 3.25. The molecule has 1 aliphatic rings. The Morgan fingerprint density at radius 2 is 1.88 bits per heavy atom. The van der Waals surface area contributed by atoms with Gasteiger partial charge >= 0.3 is 5.97 Å². The number of hydrogen-bond acceptors (Lipinski definition) is 7. The van der Waals surface area contributed by atoms with Crippen molar-refractivity contribution in [2.24, 2.45) is 0 Å². The molecule has 2 amide bonds. The van der Waals surface area contributed by atoms with Gasteiger partial charge in [0.25, 0.3) is 11.8 Å². The third kappa shape index (κ3) is 5.90. The number of nitrogens with one attached hydrogen (secondary N) is 1. The third-order valence-electron chi connectivity index (χ3n) is 4.90. The van der Waals surface area contributed by atoms with E-state index in [4.69, 9.17) is 18.9 Å². The topological polar surface area (TPSA) is 103 Å². The summed E-state index contributed by atoms with van der Waals surface area (Å²) in [5.74, 6) is 0.656. The van der Waals surface area contributed by atoms with Gasteiger partial charge in [0.2, 0.25) is 0 Å². The predicted octanol–water partition coefficient (Wildman–Crippen LogP) is 1.72. The van der Waals surface area contributed by atoms with Crippen LogP contribution < -0.4 is 24.4 Å². The van der Waals surface area contributed by atoms with Crippen molar-refractivity contribution in [2.75, 3.05) is 45.4 Å². The van der Waals surface area contributed by atoms with Crippen LogP contribution in [0.25, 0.3) is 0 Å². The number of rotatable bonds is 10. The van der Waals surface area contributed by atoms with E-state index >= 15 is 0 Å². The zero-order valence-corrected chi connectivity index (χ0v) is 18.1. The van der Waals surface area contributed by atoms with Crippen molar-refractivity contribution in [1.82, 2.24) is 5.32 Å². The summed E-state index contributed by atoms with van der Waals surface area (Å²) in [5.41, 5.74) is 1.58. The maximum absolute atomic E-state index is 12.1. The van der Waals surface area contributed by atoms with Crippen molar-refractivity contribution in [3.63, 3.8) is 0 Å². The second kappa shape index (κ2) is 11.0. The molecule has 0 saturated heterocycles. The SMILES string of the molecule is COc1ccc(CCNC(=O)COC(=O)CCN2C(=O)COc3ccccc32)cc1OC. The van der Waals surface area contributed by atoms with E-state index in [1.165, 1.54) is 4.90 Å². The van der Waals surface area contributed by atoms with Gasteiger partial charge in [0, 0.05) is 13.1 Å². The number of ether oxygens (including phenoxy) is 4. The van der Waals surface area contributed by atoms with E-state index in [1.807, 2.05) is 18.2 Å². The highest BCUT2D eigenvalue weighted by Crippen LogP contribution is 2.31. The zero-order valence-electron chi connectivity index (χ0n) is 18.1. The van der Waals surface area contributed by atoms with Crippen molar-refractivity contribution in [2.45, 2.75) is 12.8 Å². The minimum Gasteiger partial charge on any atom is -0.493 e. The number of amides is 2. The number of benzene rings is 2. The number of carbonyl (C=O) groups excluding carboxylic acids is 3. The molecule has 0 fully saturated rings. The largest absolute Gasteiger partial charge is 0.493 e. The standard InChI is InChI=1S/C23H26N2O7/c1-29-19-8-7-16(13-20(19)30-2)9-11-24-21(26)14-32-23(28)10-12-25-17-5-3-4-6-18(17)31-15-22(25)27/h3-8,13H,9-12,14-15H2,1-2H3,(H,24,26). The van der Waals surface area contributed by atoms with Crippen molar-refractivity contribution in [3.05, 3.63) is 48.0 Å². The summed E-state index contributed by atoms with van der Waals surface area (Å²) in [6.07, 6.45) is 0.553. The lowest BCUT2D eigenvalue weighted by Gasteiger charge is -2.28. The van der Waals surface area contributed by atoms with Crippen molar-refractivity contribution >= 4 is 23.5 Å². The molecule has 0 unspecified atom stereocenters. The van der Waals surface area contributed by atoms with Gasteiger partial charge in [-0.3, -0.25) is 14.4 Å². The van der Waals surface area contributed by atoms with Crippen LogP contribution in [0.3, 0.4) is 0 Å². The molecule has 2 aromatic rings. The Morgan fingerprint density at radius 1 is 1.09 bits per heavy atom. The van der Waals surface area contributed by atoms with E-state index in [-0.39, 0.29) is 32.1 Å². The Balaban J connectivity index is 1.38. The summed E-state index contributed by atoms with van der Waals surface area (Å²) in [7, 11) is 3.13. The monoisotopic (exact) mass is 442 g/mol. The summed E-state index contributed by atoms with van der Waals surface area (Å²) >= 11 is 0. The van der Waals surface area contributed by atoms with Crippen molar-refractivity contribution < 1.29 is 33.3 Å². The normalized spacial score (nSPS) is 12.4. The molecule has 0 spiro atoms. The Bertz CT molecular complexity index is 977. The smallest absolute Gasteiger partial charge is 0.308 e. The lowest BCUT2D eigenvalue weighted by atomic mass is 10.1. The first-order chi connectivity index (χ1) is 15.5. The van der Waals surface area contributed by atoms with Crippen LogP contribution in [0.5, 0.6) is 17.2 Å². The molecule has 0 aliphatic carbocycles. The molecule has 9 nitrogen and oxygen atoms in total. The Morgan fingerprint density at radius 3 is 2.66 bits per heavy atom. The molecule has 1 heterocycles. The number of methoxy groups -OCH3 is 2. The second-order valence-corrected chi connectivity index (χ2v) is 7.00. The van der Waals surface area contributed by atoms with Gasteiger partial charge in [-0.15, -0.1) is 0 Å². The summed E-state index contributed by atoms with van der Waals surface area (Å²) in [5, 5.41) is 2.71.